The molecule has 0 aliphatic carbocycles. The van der Waals surface area contributed by atoms with E-state index in [4.69, 9.17) is 20.5 Å². The lowest BCUT2D eigenvalue weighted by molar-refractivity contribution is -0.137. The van der Waals surface area contributed by atoms with Crippen molar-refractivity contribution >= 4 is 49.5 Å². The molecule has 1 amide bonds. The van der Waals surface area contributed by atoms with E-state index in [0.717, 1.165) is 36.0 Å². The molecular formula is C33H30F6N8O3S. The smallest absolute Gasteiger partial charge is 0.417 e. The number of thiazole rings is 1. The number of ether oxygens (including phenoxy) is 2. The molecule has 4 fully saturated rings. The maximum Gasteiger partial charge on any atom is 0.417 e. The Morgan fingerprint density at radius 3 is 2.65 bits per heavy atom. The minimum Gasteiger partial charge on any atom is -0.461 e. The molecule has 0 bridgehead atoms. The summed E-state index contributed by atoms with van der Waals surface area (Å²) in [6, 6.07) is 4.36. The minimum atomic E-state index is -5.08. The largest absolute Gasteiger partial charge is 0.461 e. The van der Waals surface area contributed by atoms with Crippen molar-refractivity contribution in [1.82, 2.24) is 24.8 Å². The summed E-state index contributed by atoms with van der Waals surface area (Å²) in [5.74, 6) is -2.15. The highest BCUT2D eigenvalue weighted by Gasteiger charge is 2.50. The molecule has 1 spiro atoms. The molecule has 2 aromatic heterocycles. The Labute approximate surface area is 290 Å². The van der Waals surface area contributed by atoms with Crippen molar-refractivity contribution in [2.75, 3.05) is 56.5 Å². The molecule has 6 heterocycles. The molecule has 4 aliphatic heterocycles. The van der Waals surface area contributed by atoms with Crippen molar-refractivity contribution in [3.63, 3.8) is 0 Å². The van der Waals surface area contributed by atoms with Crippen molar-refractivity contribution in [3.8, 4) is 23.2 Å². The lowest BCUT2D eigenvalue weighted by Crippen LogP contribution is -2.47. The summed E-state index contributed by atoms with van der Waals surface area (Å²) in [5, 5.41) is 8.74. The van der Waals surface area contributed by atoms with Gasteiger partial charge in [0.25, 0.3) is 0 Å². The van der Waals surface area contributed by atoms with Gasteiger partial charge in [-0.3, -0.25) is 9.80 Å². The van der Waals surface area contributed by atoms with Gasteiger partial charge in [-0.05, 0) is 37.6 Å². The monoisotopic (exact) mass is 732 g/mol. The van der Waals surface area contributed by atoms with Crippen LogP contribution in [0, 0.1) is 23.0 Å². The summed E-state index contributed by atoms with van der Waals surface area (Å²) in [5.41, 5.74) is 1.01. The third-order valence-electron chi connectivity index (χ3n) is 10.5. The van der Waals surface area contributed by atoms with Crippen LogP contribution < -0.4 is 15.4 Å². The molecule has 4 aliphatic rings. The van der Waals surface area contributed by atoms with E-state index in [1.54, 1.807) is 4.90 Å². The van der Waals surface area contributed by atoms with Gasteiger partial charge in [-0.2, -0.15) is 28.4 Å². The van der Waals surface area contributed by atoms with Crippen LogP contribution in [0.5, 0.6) is 6.01 Å². The van der Waals surface area contributed by atoms with Crippen LogP contribution in [0.4, 0.5) is 42.1 Å². The standard InChI is InChI=1S/C33H30F6N8O3S/c34-17-13-31(4-1-8-47(31)14-17)16-49-29-43-24-19(27(44-29)45-9-5-32(6-10-45)15-46(11-7-40)30(48)50-32)12-20(33(37,38)39)22(23(24)36)18-2-3-21(35)26-25(18)42-28(41)51-26/h2-3,12,17H,1,4-6,8-11,13-16H2,(H2,41,42)/t17-,31+/m1/s1. The number of alkyl halides is 4. The maximum absolute atomic E-state index is 17.0. The molecule has 0 radical (unpaired) electrons. The van der Waals surface area contributed by atoms with Crippen LogP contribution in [-0.4, -0.2) is 94.0 Å². The molecule has 2 N–H and O–H groups in total. The van der Waals surface area contributed by atoms with Gasteiger partial charge in [-0.15, -0.1) is 0 Å². The van der Waals surface area contributed by atoms with E-state index in [9.17, 15) is 26.7 Å². The second kappa shape index (κ2) is 12.0. The third kappa shape index (κ3) is 5.61. The normalized spacial score (nSPS) is 23.4. The van der Waals surface area contributed by atoms with Crippen molar-refractivity contribution < 1.29 is 40.6 Å². The zero-order chi connectivity index (χ0) is 35.9. The number of nitrogens with two attached hydrogens (primary N) is 1. The van der Waals surface area contributed by atoms with Gasteiger partial charge in [0.05, 0.1) is 33.9 Å². The van der Waals surface area contributed by atoms with Crippen molar-refractivity contribution in [3.05, 3.63) is 35.4 Å². The molecule has 2 atom stereocenters. The molecule has 2 aromatic carbocycles. The first-order chi connectivity index (χ1) is 24.3. The fraction of sp³-hybridized carbons (Fsp3) is 0.485. The van der Waals surface area contributed by atoms with Crippen LogP contribution in [0.3, 0.4) is 0 Å². The quantitative estimate of drug-likeness (QED) is 0.184. The Morgan fingerprint density at radius 1 is 1.12 bits per heavy atom. The van der Waals surface area contributed by atoms with Gasteiger partial charge in [0, 0.05) is 55.4 Å². The topological polar surface area (TPSA) is 134 Å². The van der Waals surface area contributed by atoms with Crippen LogP contribution in [0.15, 0.2) is 18.2 Å². The number of nitrogens with zero attached hydrogens (tertiary/aromatic N) is 7. The number of rotatable bonds is 6. The van der Waals surface area contributed by atoms with Crippen LogP contribution in [0.1, 0.15) is 37.7 Å². The molecule has 268 valence electrons. The van der Waals surface area contributed by atoms with E-state index in [1.165, 1.54) is 4.90 Å². The van der Waals surface area contributed by atoms with Crippen molar-refractivity contribution in [2.24, 2.45) is 0 Å². The Morgan fingerprint density at radius 2 is 1.90 bits per heavy atom. The number of halogens is 6. The van der Waals surface area contributed by atoms with Gasteiger partial charge in [-0.25, -0.2) is 22.9 Å². The van der Waals surface area contributed by atoms with Crippen LogP contribution in [0.25, 0.3) is 32.2 Å². The highest BCUT2D eigenvalue weighted by molar-refractivity contribution is 7.22. The van der Waals surface area contributed by atoms with Gasteiger partial charge in [-0.1, -0.05) is 11.3 Å². The third-order valence-corrected chi connectivity index (χ3v) is 11.4. The summed E-state index contributed by atoms with van der Waals surface area (Å²) < 4.78 is 102. The summed E-state index contributed by atoms with van der Waals surface area (Å²) in [6.07, 6.45) is -4.53. The summed E-state index contributed by atoms with van der Waals surface area (Å²) in [6.45, 7) is 1.25. The van der Waals surface area contributed by atoms with E-state index in [1.807, 2.05) is 11.0 Å². The van der Waals surface area contributed by atoms with E-state index in [0.29, 0.717) is 13.0 Å². The molecule has 18 heteroatoms. The first kappa shape index (κ1) is 33.5. The molecular weight excluding hydrogens is 702 g/mol. The van der Waals surface area contributed by atoms with E-state index < -0.39 is 57.9 Å². The first-order valence-corrected chi connectivity index (χ1v) is 17.2. The van der Waals surface area contributed by atoms with Crippen LogP contribution in [-0.2, 0) is 10.9 Å². The van der Waals surface area contributed by atoms with E-state index >= 15 is 4.39 Å². The Hall–Kier alpha value is -4.63. The molecule has 11 nitrogen and oxygen atoms in total. The molecule has 0 unspecified atom stereocenters. The molecule has 51 heavy (non-hydrogen) atoms. The maximum atomic E-state index is 17.0. The van der Waals surface area contributed by atoms with Crippen molar-refractivity contribution in [1.29, 1.82) is 5.26 Å². The van der Waals surface area contributed by atoms with Gasteiger partial charge in [0.2, 0.25) is 0 Å². The zero-order valence-electron chi connectivity index (χ0n) is 26.9. The van der Waals surface area contributed by atoms with Gasteiger partial charge in [0.1, 0.15) is 42.1 Å². The first-order valence-electron chi connectivity index (χ1n) is 16.4. The number of benzene rings is 2. The van der Waals surface area contributed by atoms with Crippen LogP contribution >= 0.6 is 11.3 Å². The summed E-state index contributed by atoms with van der Waals surface area (Å²) >= 11 is 0.725. The zero-order valence-corrected chi connectivity index (χ0v) is 27.7. The number of piperidine rings is 1. The minimum absolute atomic E-state index is 0.0159. The van der Waals surface area contributed by atoms with Gasteiger partial charge in [0.15, 0.2) is 10.9 Å². The number of carbonyl (C=O) groups is 1. The summed E-state index contributed by atoms with van der Waals surface area (Å²) in [4.78, 5) is 30.2. The Balaban J connectivity index is 1.25. The number of fused-ring (bicyclic) bond motifs is 3. The number of amides is 1. The highest BCUT2D eigenvalue weighted by atomic mass is 32.1. The number of hydrogen-bond donors (Lipinski definition) is 1. The van der Waals surface area contributed by atoms with E-state index in [-0.39, 0.29) is 96.7 Å². The fourth-order valence-corrected chi connectivity index (χ4v) is 8.88. The van der Waals surface area contributed by atoms with Crippen molar-refractivity contribution in [2.45, 2.75) is 55.6 Å². The van der Waals surface area contributed by atoms with Gasteiger partial charge >= 0.3 is 18.3 Å². The number of nitrogen functional groups attached to an aromatic ring is 1. The summed E-state index contributed by atoms with van der Waals surface area (Å²) in [7, 11) is 0. The molecule has 4 aromatic rings. The number of anilines is 2. The number of nitriles is 1. The van der Waals surface area contributed by atoms with Crippen LogP contribution in [0.2, 0.25) is 0 Å². The average Bonchev–Trinajstić information content (AvgIpc) is 3.82. The second-order valence-corrected chi connectivity index (χ2v) is 14.6. The van der Waals surface area contributed by atoms with Gasteiger partial charge < -0.3 is 20.1 Å². The van der Waals surface area contributed by atoms with E-state index in [2.05, 4.69) is 15.0 Å². The number of carbonyl (C=O) groups excluding carboxylic acids is 1. The lowest BCUT2D eigenvalue weighted by atomic mass is 9.91. The Kier molecular flexibility index (Phi) is 7.87. The SMILES string of the molecule is N#CCN1CC2(CCN(c3nc(OC[C@@]45CCCN4C[C@H](F)C5)nc4c(F)c(-c5ccc(F)c6sc(N)nc56)c(C(F)(F)F)cc34)CC2)OC1=O. The predicted octanol–water partition coefficient (Wildman–Crippen LogP) is 6.06. The number of hydrogen-bond acceptors (Lipinski definition) is 11. The lowest BCUT2D eigenvalue weighted by Gasteiger charge is -2.38. The molecule has 8 rings (SSSR count). The fourth-order valence-electron chi connectivity index (χ4n) is 8.11. The highest BCUT2D eigenvalue weighted by Crippen LogP contribution is 2.47. The predicted molar refractivity (Wildman–Crippen MR) is 174 cm³/mol. The Bertz CT molecular complexity index is 2120. The molecule has 0 saturated carbocycles. The average molecular weight is 733 g/mol. The molecule has 4 saturated heterocycles. The number of aromatic nitrogens is 3. The second-order valence-electron chi connectivity index (χ2n) is 13.6.